The third kappa shape index (κ3) is 4.53. The van der Waals surface area contributed by atoms with E-state index in [1.54, 1.807) is 11.3 Å². The standard InChI is InChI=1S/C46H22N6S/c47-23-27-4-10-41-35(16-27)36-17-28(24-48)5-11-42(36)51(41)33-3-1-2-31(20-33)32-8-14-45-39(21-32)40-22-34(9-15-46(40)53-45)52-43-12-6-29(25-49)18-37(43)38-19-30(26-50)7-13-44(38)52/h1-22H. The SMILES string of the molecule is N#Cc1ccc2c(c1)c1cc(C#N)ccc1n2-c1cccc(-c2ccc3sc4ccc(-n5c6ccc(C#N)cc6c6cc(C#N)ccc65)cc4c3c2)c1. The van der Waals surface area contributed by atoms with Crippen LogP contribution in [0.5, 0.6) is 0 Å². The minimum Gasteiger partial charge on any atom is -0.309 e. The lowest BCUT2D eigenvalue weighted by Crippen LogP contribution is -1.94. The van der Waals surface area contributed by atoms with Gasteiger partial charge in [-0.2, -0.15) is 21.0 Å². The van der Waals surface area contributed by atoms with Crippen molar-refractivity contribution >= 4 is 75.1 Å². The van der Waals surface area contributed by atoms with E-state index in [4.69, 9.17) is 0 Å². The summed E-state index contributed by atoms with van der Waals surface area (Å²) in [5, 5.41) is 44.6. The molecule has 7 aromatic carbocycles. The van der Waals surface area contributed by atoms with Crippen molar-refractivity contribution in [2.24, 2.45) is 0 Å². The van der Waals surface area contributed by atoms with Gasteiger partial charge in [0.1, 0.15) is 0 Å². The average molecular weight is 691 g/mol. The molecule has 0 unspecified atom stereocenters. The maximum Gasteiger partial charge on any atom is 0.0991 e. The Hall–Kier alpha value is -7.68. The maximum atomic E-state index is 9.65. The quantitative estimate of drug-likeness (QED) is 0.184. The molecule has 6 nitrogen and oxygen atoms in total. The summed E-state index contributed by atoms with van der Waals surface area (Å²) in [5.41, 5.74) is 10.3. The summed E-state index contributed by atoms with van der Waals surface area (Å²) in [7, 11) is 0. The predicted molar refractivity (Wildman–Crippen MR) is 212 cm³/mol. The molecular weight excluding hydrogens is 669 g/mol. The van der Waals surface area contributed by atoms with Crippen LogP contribution in [0.2, 0.25) is 0 Å². The second-order valence-corrected chi connectivity index (χ2v) is 14.2. The third-order valence-corrected chi connectivity index (χ3v) is 11.3. The van der Waals surface area contributed by atoms with Crippen molar-refractivity contribution in [1.82, 2.24) is 9.13 Å². The molecule has 53 heavy (non-hydrogen) atoms. The van der Waals surface area contributed by atoms with Crippen LogP contribution in [0, 0.1) is 45.3 Å². The van der Waals surface area contributed by atoms with Gasteiger partial charge in [-0.1, -0.05) is 18.2 Å². The molecule has 0 aliphatic heterocycles. The molecule has 0 spiro atoms. The van der Waals surface area contributed by atoms with Crippen LogP contribution in [-0.2, 0) is 0 Å². The van der Waals surface area contributed by atoms with Gasteiger partial charge in [0.2, 0.25) is 0 Å². The first kappa shape index (κ1) is 30.2. The van der Waals surface area contributed by atoms with Crippen molar-refractivity contribution < 1.29 is 0 Å². The Morgan fingerprint density at radius 2 is 0.774 bits per heavy atom. The number of rotatable bonds is 3. The molecule has 0 aliphatic rings. The van der Waals surface area contributed by atoms with Crippen LogP contribution < -0.4 is 0 Å². The molecule has 10 rings (SSSR count). The summed E-state index contributed by atoms with van der Waals surface area (Å²) in [6.07, 6.45) is 0. The van der Waals surface area contributed by atoms with E-state index in [1.165, 1.54) is 14.8 Å². The average Bonchev–Trinajstić information content (AvgIpc) is 3.86. The molecule has 0 aliphatic carbocycles. The Morgan fingerprint density at radius 3 is 1.25 bits per heavy atom. The zero-order chi connectivity index (χ0) is 35.8. The number of fused-ring (bicyclic) bond motifs is 9. The first-order valence-corrected chi connectivity index (χ1v) is 17.7. The summed E-state index contributed by atoms with van der Waals surface area (Å²) >= 11 is 1.77. The number of hydrogen-bond acceptors (Lipinski definition) is 5. The number of nitrogens with zero attached hydrogens (tertiary/aromatic N) is 6. The van der Waals surface area contributed by atoms with Gasteiger partial charge in [-0.3, -0.25) is 0 Å². The van der Waals surface area contributed by atoms with Crippen LogP contribution in [0.3, 0.4) is 0 Å². The topological polar surface area (TPSA) is 105 Å². The Kier molecular flexibility index (Phi) is 6.50. The van der Waals surface area contributed by atoms with E-state index in [0.29, 0.717) is 22.3 Å². The zero-order valence-corrected chi connectivity index (χ0v) is 28.6. The molecule has 10 aromatic rings. The van der Waals surface area contributed by atoms with Crippen molar-refractivity contribution in [3.05, 3.63) is 156 Å². The minimum absolute atomic E-state index is 0.575. The Balaban J connectivity index is 1.14. The van der Waals surface area contributed by atoms with E-state index >= 15 is 0 Å². The normalized spacial score (nSPS) is 11.3. The second-order valence-electron chi connectivity index (χ2n) is 13.1. The highest BCUT2D eigenvalue weighted by atomic mass is 32.1. The molecule has 0 amide bonds. The van der Waals surface area contributed by atoms with Crippen LogP contribution in [0.1, 0.15) is 22.3 Å². The molecule has 0 N–H and O–H groups in total. The van der Waals surface area contributed by atoms with E-state index < -0.39 is 0 Å². The highest BCUT2D eigenvalue weighted by molar-refractivity contribution is 7.25. The molecule has 3 heterocycles. The Morgan fingerprint density at radius 1 is 0.358 bits per heavy atom. The fourth-order valence-electron chi connectivity index (χ4n) is 7.79. The first-order valence-electron chi connectivity index (χ1n) is 16.9. The number of hydrogen-bond donors (Lipinski definition) is 0. The van der Waals surface area contributed by atoms with Crippen LogP contribution in [0.4, 0.5) is 0 Å². The van der Waals surface area contributed by atoms with Crippen molar-refractivity contribution in [2.45, 2.75) is 0 Å². The number of aromatic nitrogens is 2. The van der Waals surface area contributed by atoms with Crippen LogP contribution in [-0.4, -0.2) is 9.13 Å². The lowest BCUT2D eigenvalue weighted by Gasteiger charge is -2.11. The van der Waals surface area contributed by atoms with Gasteiger partial charge in [0, 0.05) is 53.1 Å². The summed E-state index contributed by atoms with van der Waals surface area (Å²) in [6.45, 7) is 0. The van der Waals surface area contributed by atoms with Gasteiger partial charge in [-0.15, -0.1) is 11.3 Å². The van der Waals surface area contributed by atoms with Gasteiger partial charge in [0.05, 0.1) is 68.6 Å². The van der Waals surface area contributed by atoms with Crippen LogP contribution in [0.25, 0.3) is 86.3 Å². The van der Waals surface area contributed by atoms with Gasteiger partial charge < -0.3 is 9.13 Å². The molecule has 3 aromatic heterocycles. The molecule has 0 radical (unpaired) electrons. The Bertz CT molecular complexity index is 3260. The summed E-state index contributed by atoms with van der Waals surface area (Å²) < 4.78 is 6.80. The minimum atomic E-state index is 0.575. The highest BCUT2D eigenvalue weighted by Gasteiger charge is 2.17. The van der Waals surface area contributed by atoms with E-state index in [9.17, 15) is 21.0 Å². The van der Waals surface area contributed by atoms with Gasteiger partial charge in [0.15, 0.2) is 0 Å². The molecule has 0 saturated carbocycles. The molecule has 0 saturated heterocycles. The molecule has 0 bridgehead atoms. The second kappa shape index (κ2) is 11.4. The van der Waals surface area contributed by atoms with Crippen molar-refractivity contribution in [3.8, 4) is 46.8 Å². The van der Waals surface area contributed by atoms with Crippen molar-refractivity contribution in [1.29, 1.82) is 21.0 Å². The smallest absolute Gasteiger partial charge is 0.0991 e. The third-order valence-electron chi connectivity index (χ3n) is 10.2. The summed E-state index contributed by atoms with van der Waals surface area (Å²) in [4.78, 5) is 0. The van der Waals surface area contributed by atoms with E-state index in [-0.39, 0.29) is 0 Å². The lowest BCUT2D eigenvalue weighted by molar-refractivity contribution is 1.18. The fraction of sp³-hybridized carbons (Fsp3) is 0. The van der Waals surface area contributed by atoms with Crippen LogP contribution in [0.15, 0.2) is 133 Å². The van der Waals surface area contributed by atoms with Crippen LogP contribution >= 0.6 is 11.3 Å². The summed E-state index contributed by atoms with van der Waals surface area (Å²) in [5.74, 6) is 0. The molecular formula is C46H22N6S. The van der Waals surface area contributed by atoms with Gasteiger partial charge >= 0.3 is 0 Å². The largest absolute Gasteiger partial charge is 0.309 e. The first-order chi connectivity index (χ1) is 26.0. The van der Waals surface area contributed by atoms with Crippen molar-refractivity contribution in [3.63, 3.8) is 0 Å². The van der Waals surface area contributed by atoms with E-state index in [0.717, 1.165) is 71.5 Å². The molecule has 0 atom stereocenters. The van der Waals surface area contributed by atoms with E-state index in [1.807, 2.05) is 72.8 Å². The number of nitriles is 4. The van der Waals surface area contributed by atoms with Gasteiger partial charge in [-0.25, -0.2) is 0 Å². The van der Waals surface area contributed by atoms with Gasteiger partial charge in [-0.05, 0) is 126 Å². The zero-order valence-electron chi connectivity index (χ0n) is 27.8. The predicted octanol–water partition coefficient (Wildman–Crippen LogP) is 11.4. The molecule has 242 valence electrons. The number of thiophene rings is 1. The summed E-state index contributed by atoms with van der Waals surface area (Å²) in [6, 6.07) is 53.6. The molecule has 0 fully saturated rings. The maximum absolute atomic E-state index is 9.65. The monoisotopic (exact) mass is 690 g/mol. The van der Waals surface area contributed by atoms with Gasteiger partial charge in [0.25, 0.3) is 0 Å². The Labute approximate surface area is 306 Å². The number of benzene rings is 7. The fourth-order valence-corrected chi connectivity index (χ4v) is 8.86. The molecule has 7 heteroatoms. The van der Waals surface area contributed by atoms with E-state index in [2.05, 4.69) is 94.1 Å². The van der Waals surface area contributed by atoms with Crippen molar-refractivity contribution in [2.75, 3.05) is 0 Å². The lowest BCUT2D eigenvalue weighted by atomic mass is 10.0. The highest BCUT2D eigenvalue weighted by Crippen LogP contribution is 2.41.